The molecule has 1 unspecified atom stereocenters. The van der Waals surface area contributed by atoms with Crippen LogP contribution in [0.5, 0.6) is 0 Å². The van der Waals surface area contributed by atoms with E-state index in [1.165, 1.54) is 32.5 Å². The summed E-state index contributed by atoms with van der Waals surface area (Å²) in [5.41, 5.74) is -0.295. The minimum absolute atomic E-state index is 0.229. The molecule has 0 aliphatic rings. The summed E-state index contributed by atoms with van der Waals surface area (Å²) in [7, 11) is 2.74. The quantitative estimate of drug-likeness (QED) is 0.585. The van der Waals surface area contributed by atoms with Crippen molar-refractivity contribution in [3.63, 3.8) is 0 Å². The molecule has 148 valence electrons. The molecule has 1 amide bonds. The van der Waals surface area contributed by atoms with Gasteiger partial charge in [-0.3, -0.25) is 14.3 Å². The molecule has 1 atom stereocenters. The average Bonchev–Trinajstić information content (AvgIpc) is 2.93. The SMILES string of the molecule is CON(C(=O)c1cn(C)nc1C(C)(F)F)C(C)Cc1c(Cl)cc(Cl)cc1Cl. The third-order valence-electron chi connectivity index (χ3n) is 3.88. The fraction of sp³-hybridized carbons (Fsp3) is 0.412. The number of carbonyl (C=O) groups excluding carboxylic acids is 1. The average molecular weight is 441 g/mol. The predicted octanol–water partition coefficient (Wildman–Crippen LogP) is 5.13. The van der Waals surface area contributed by atoms with E-state index < -0.39 is 23.6 Å². The fourth-order valence-electron chi connectivity index (χ4n) is 2.70. The summed E-state index contributed by atoms with van der Waals surface area (Å²) >= 11 is 18.3. The number of hydroxylamine groups is 2. The lowest BCUT2D eigenvalue weighted by molar-refractivity contribution is -0.119. The van der Waals surface area contributed by atoms with Crippen molar-refractivity contribution >= 4 is 40.7 Å². The van der Waals surface area contributed by atoms with Crippen LogP contribution in [-0.2, 0) is 24.2 Å². The topological polar surface area (TPSA) is 47.4 Å². The molecule has 0 spiro atoms. The third-order valence-corrected chi connectivity index (χ3v) is 4.77. The lowest BCUT2D eigenvalue weighted by Gasteiger charge is -2.27. The van der Waals surface area contributed by atoms with E-state index in [1.807, 2.05) is 0 Å². The molecular formula is C17H18Cl3F2N3O2. The van der Waals surface area contributed by atoms with Gasteiger partial charge in [0, 0.05) is 35.2 Å². The van der Waals surface area contributed by atoms with Crippen LogP contribution < -0.4 is 0 Å². The van der Waals surface area contributed by atoms with Crippen molar-refractivity contribution in [2.45, 2.75) is 32.2 Å². The van der Waals surface area contributed by atoms with Gasteiger partial charge >= 0.3 is 0 Å². The van der Waals surface area contributed by atoms with Crippen molar-refractivity contribution in [2.24, 2.45) is 7.05 Å². The lowest BCUT2D eigenvalue weighted by Crippen LogP contribution is -2.39. The first-order chi connectivity index (χ1) is 12.5. The zero-order chi connectivity index (χ0) is 20.5. The predicted molar refractivity (Wildman–Crippen MR) is 101 cm³/mol. The largest absolute Gasteiger partial charge is 0.289 e. The Bertz CT molecular complexity index is 829. The Labute approximate surface area is 170 Å². The summed E-state index contributed by atoms with van der Waals surface area (Å²) in [6, 6.07) is 2.51. The number of nitrogens with zero attached hydrogens (tertiary/aromatic N) is 3. The molecule has 0 bridgehead atoms. The molecule has 1 heterocycles. The second kappa shape index (κ2) is 8.31. The molecule has 0 N–H and O–H groups in total. The number of aromatic nitrogens is 2. The van der Waals surface area contributed by atoms with Crippen LogP contribution in [0, 0.1) is 0 Å². The summed E-state index contributed by atoms with van der Waals surface area (Å²) in [6.07, 6.45) is 1.46. The maximum absolute atomic E-state index is 13.8. The molecule has 27 heavy (non-hydrogen) atoms. The molecule has 1 aromatic carbocycles. The molecule has 2 rings (SSSR count). The van der Waals surface area contributed by atoms with Crippen molar-refractivity contribution in [3.05, 3.63) is 50.2 Å². The van der Waals surface area contributed by atoms with Crippen LogP contribution in [-0.4, -0.2) is 33.9 Å². The van der Waals surface area contributed by atoms with E-state index in [0.29, 0.717) is 27.6 Å². The molecule has 0 saturated heterocycles. The number of carbonyl (C=O) groups is 1. The number of alkyl halides is 2. The van der Waals surface area contributed by atoms with Gasteiger partial charge in [-0.1, -0.05) is 34.8 Å². The zero-order valence-corrected chi connectivity index (χ0v) is 17.3. The Morgan fingerprint density at radius 1 is 1.33 bits per heavy atom. The van der Waals surface area contributed by atoms with Gasteiger partial charge in [-0.25, -0.2) is 5.06 Å². The van der Waals surface area contributed by atoms with Crippen LogP contribution in [0.15, 0.2) is 18.3 Å². The first-order valence-electron chi connectivity index (χ1n) is 7.88. The van der Waals surface area contributed by atoms with E-state index >= 15 is 0 Å². The molecule has 0 fully saturated rings. The standard InChI is InChI=1S/C17H18Cl3F2N3O2/c1-9(5-11-13(19)6-10(18)7-14(11)20)25(27-4)16(26)12-8-24(3)23-15(12)17(2,21)22/h6-9H,5H2,1-4H3. The molecular weight excluding hydrogens is 423 g/mol. The van der Waals surface area contributed by atoms with Gasteiger partial charge in [0.05, 0.1) is 18.7 Å². The Morgan fingerprint density at radius 2 is 1.89 bits per heavy atom. The van der Waals surface area contributed by atoms with Crippen LogP contribution in [0.2, 0.25) is 15.1 Å². The number of halogens is 5. The molecule has 0 aliphatic carbocycles. The number of hydrogen-bond acceptors (Lipinski definition) is 3. The van der Waals surface area contributed by atoms with Crippen molar-refractivity contribution in [1.29, 1.82) is 0 Å². The highest BCUT2D eigenvalue weighted by atomic mass is 35.5. The van der Waals surface area contributed by atoms with Crippen LogP contribution in [0.3, 0.4) is 0 Å². The Hall–Kier alpha value is -1.41. The highest BCUT2D eigenvalue weighted by Gasteiger charge is 2.36. The summed E-state index contributed by atoms with van der Waals surface area (Å²) < 4.78 is 28.8. The molecule has 5 nitrogen and oxygen atoms in total. The van der Waals surface area contributed by atoms with Crippen molar-refractivity contribution in [2.75, 3.05) is 7.11 Å². The number of amides is 1. The van der Waals surface area contributed by atoms with Crippen molar-refractivity contribution in [3.8, 4) is 0 Å². The van der Waals surface area contributed by atoms with Gasteiger partial charge in [-0.05, 0) is 31.0 Å². The highest BCUT2D eigenvalue weighted by molar-refractivity contribution is 6.39. The van der Waals surface area contributed by atoms with Gasteiger partial charge in [0.1, 0.15) is 5.69 Å². The molecule has 10 heteroatoms. The lowest BCUT2D eigenvalue weighted by atomic mass is 10.1. The van der Waals surface area contributed by atoms with Gasteiger partial charge in [0.2, 0.25) is 0 Å². The monoisotopic (exact) mass is 439 g/mol. The molecule has 0 radical (unpaired) electrons. The maximum Gasteiger partial charge on any atom is 0.289 e. The normalized spacial score (nSPS) is 12.9. The Balaban J connectivity index is 2.33. The Kier molecular flexibility index (Phi) is 6.73. The summed E-state index contributed by atoms with van der Waals surface area (Å²) in [5, 5.41) is 5.76. The van der Waals surface area contributed by atoms with Gasteiger partial charge < -0.3 is 0 Å². The van der Waals surface area contributed by atoms with E-state index in [9.17, 15) is 13.6 Å². The zero-order valence-electron chi connectivity index (χ0n) is 15.1. The molecule has 0 saturated carbocycles. The number of benzene rings is 1. The van der Waals surface area contributed by atoms with Crippen LogP contribution in [0.4, 0.5) is 8.78 Å². The molecule has 1 aromatic heterocycles. The van der Waals surface area contributed by atoms with Gasteiger partial charge in [0.15, 0.2) is 0 Å². The summed E-state index contributed by atoms with van der Waals surface area (Å²) in [4.78, 5) is 18.0. The minimum Gasteiger partial charge on any atom is -0.274 e. The van der Waals surface area contributed by atoms with Crippen LogP contribution in [0.25, 0.3) is 0 Å². The summed E-state index contributed by atoms with van der Waals surface area (Å²) in [6.45, 7) is 2.36. The van der Waals surface area contributed by atoms with Gasteiger partial charge in [-0.15, -0.1) is 0 Å². The first-order valence-corrected chi connectivity index (χ1v) is 9.02. The molecule has 2 aromatic rings. The first kappa shape index (κ1) is 21.9. The van der Waals surface area contributed by atoms with Crippen LogP contribution >= 0.6 is 34.8 Å². The molecule has 0 aliphatic heterocycles. The second-order valence-corrected chi connectivity index (χ2v) is 7.42. The van der Waals surface area contributed by atoms with Gasteiger partial charge in [-0.2, -0.15) is 13.9 Å². The number of hydrogen-bond donors (Lipinski definition) is 0. The minimum atomic E-state index is -3.28. The van der Waals surface area contributed by atoms with Gasteiger partial charge in [0.25, 0.3) is 11.8 Å². The van der Waals surface area contributed by atoms with E-state index in [-0.39, 0.29) is 12.0 Å². The van der Waals surface area contributed by atoms with E-state index in [0.717, 1.165) is 9.75 Å². The van der Waals surface area contributed by atoms with Crippen molar-refractivity contribution < 1.29 is 18.4 Å². The van der Waals surface area contributed by atoms with E-state index in [1.54, 1.807) is 6.92 Å². The fourth-order valence-corrected chi connectivity index (χ4v) is 3.67. The second-order valence-electron chi connectivity index (χ2n) is 6.17. The summed E-state index contributed by atoms with van der Waals surface area (Å²) in [5.74, 6) is -4.02. The van der Waals surface area contributed by atoms with Crippen LogP contribution in [0.1, 0.15) is 35.5 Å². The van der Waals surface area contributed by atoms with E-state index in [4.69, 9.17) is 39.6 Å². The number of rotatable bonds is 6. The Morgan fingerprint density at radius 3 is 2.37 bits per heavy atom. The maximum atomic E-state index is 13.8. The smallest absolute Gasteiger partial charge is 0.274 e. The third kappa shape index (κ3) is 4.90. The number of aryl methyl sites for hydroxylation is 1. The highest BCUT2D eigenvalue weighted by Crippen LogP contribution is 2.32. The van der Waals surface area contributed by atoms with E-state index in [2.05, 4.69) is 5.10 Å². The van der Waals surface area contributed by atoms with Crippen molar-refractivity contribution in [1.82, 2.24) is 14.8 Å².